The fourth-order valence-corrected chi connectivity index (χ4v) is 3.04. The maximum absolute atomic E-state index is 12.0. The molecule has 0 amide bonds. The molecule has 2 rings (SSSR count). The van der Waals surface area contributed by atoms with Crippen LogP contribution in [0.5, 0.6) is 5.75 Å². The van der Waals surface area contributed by atoms with Crippen LogP contribution in [0.1, 0.15) is 55.6 Å². The molecule has 2 aromatic rings. The van der Waals surface area contributed by atoms with Crippen molar-refractivity contribution in [3.8, 4) is 5.75 Å². The number of benzene rings is 2. The number of hydrogen-bond donors (Lipinski definition) is 1. The van der Waals surface area contributed by atoms with Gasteiger partial charge in [-0.25, -0.2) is 4.79 Å². The smallest absolute Gasteiger partial charge is 0.352 e. The zero-order valence-electron chi connectivity index (χ0n) is 18.3. The number of aliphatic carboxylic acids is 1. The molecule has 0 saturated carbocycles. The number of carbonyl (C=O) groups is 2. The summed E-state index contributed by atoms with van der Waals surface area (Å²) < 4.78 is 10.5. The monoisotopic (exact) mass is 440 g/mol. The second-order valence-corrected chi connectivity index (χ2v) is 8.47. The molecule has 1 atom stereocenters. The van der Waals surface area contributed by atoms with E-state index in [-0.39, 0.29) is 5.41 Å². The first kappa shape index (κ1) is 24.3. The summed E-state index contributed by atoms with van der Waals surface area (Å²) in [4.78, 5) is 23.6. The summed E-state index contributed by atoms with van der Waals surface area (Å²) in [5.74, 6) is -0.804. The van der Waals surface area contributed by atoms with Crippen molar-refractivity contribution in [1.29, 1.82) is 0 Å². The van der Waals surface area contributed by atoms with Crippen molar-refractivity contribution < 1.29 is 23.1 Å². The Morgan fingerprint density at radius 3 is 2.16 bits per heavy atom. The minimum Gasteiger partial charge on any atom is -0.481 e. The third kappa shape index (κ3) is 6.49. The molecule has 6 heteroatoms. The molecular formula is C25H28O5S. The highest BCUT2D eigenvalue weighted by Gasteiger charge is 2.29. The number of hydrogen-bond acceptors (Lipinski definition) is 5. The van der Waals surface area contributed by atoms with Crippen LogP contribution in [0.15, 0.2) is 67.3 Å². The van der Waals surface area contributed by atoms with Crippen LogP contribution in [0.25, 0.3) is 6.08 Å². The number of carboxylic acid groups (broad SMARTS) is 1. The zero-order valence-corrected chi connectivity index (χ0v) is 19.1. The molecule has 31 heavy (non-hydrogen) atoms. The van der Waals surface area contributed by atoms with E-state index in [2.05, 4.69) is 6.58 Å². The highest BCUT2D eigenvalue weighted by molar-refractivity contribution is 7.90. The summed E-state index contributed by atoms with van der Waals surface area (Å²) in [6.07, 6.45) is 5.89. The SMILES string of the molecule is C=Cc1ccc(C(=O)OSOc2ccc(C(C)(C)/C=C/C(C)(CC)C(=O)O)cc2)cc1. The molecular weight excluding hydrogens is 412 g/mol. The highest BCUT2D eigenvalue weighted by Crippen LogP contribution is 2.31. The van der Waals surface area contributed by atoms with E-state index in [1.54, 1.807) is 55.5 Å². The van der Waals surface area contributed by atoms with Crippen molar-refractivity contribution in [2.75, 3.05) is 0 Å². The van der Waals surface area contributed by atoms with Crippen LogP contribution in [0.4, 0.5) is 0 Å². The predicted octanol–water partition coefficient (Wildman–Crippen LogP) is 6.46. The number of carbonyl (C=O) groups excluding carboxylic acids is 1. The van der Waals surface area contributed by atoms with Gasteiger partial charge in [-0.2, -0.15) is 0 Å². The Morgan fingerprint density at radius 2 is 1.65 bits per heavy atom. The minimum atomic E-state index is -0.896. The maximum atomic E-state index is 12.0. The molecule has 1 unspecified atom stereocenters. The van der Waals surface area contributed by atoms with Gasteiger partial charge in [-0.1, -0.05) is 69.8 Å². The molecule has 0 heterocycles. The molecule has 0 fully saturated rings. The van der Waals surface area contributed by atoms with Gasteiger partial charge in [0.2, 0.25) is 0 Å². The van der Waals surface area contributed by atoms with Gasteiger partial charge in [0.1, 0.15) is 5.75 Å². The standard InChI is InChI=1S/C25H28O5S/c1-6-18-8-10-19(11-9-18)22(26)30-31-29-21-14-12-20(13-15-21)24(3,4)16-17-25(5,7-2)23(27)28/h6,8-17H,1,7H2,2-5H3,(H,27,28)/b17-16+. The Bertz CT molecular complexity index is 945. The van der Waals surface area contributed by atoms with Gasteiger partial charge >= 0.3 is 11.9 Å². The number of allylic oxidation sites excluding steroid dienone is 1. The lowest BCUT2D eigenvalue weighted by molar-refractivity contribution is -0.145. The molecule has 164 valence electrons. The van der Waals surface area contributed by atoms with Crippen LogP contribution in [-0.4, -0.2) is 17.0 Å². The van der Waals surface area contributed by atoms with Crippen LogP contribution in [0.3, 0.4) is 0 Å². The normalized spacial score (nSPS) is 13.4. The van der Waals surface area contributed by atoms with Gasteiger partial charge in [-0.05, 0) is 48.7 Å². The Balaban J connectivity index is 1.95. The second-order valence-electron chi connectivity index (χ2n) is 8.00. The summed E-state index contributed by atoms with van der Waals surface area (Å²) in [5.41, 5.74) is 1.09. The van der Waals surface area contributed by atoms with Gasteiger partial charge in [0.25, 0.3) is 12.3 Å². The molecule has 5 nitrogen and oxygen atoms in total. The van der Waals surface area contributed by atoms with E-state index in [1.165, 1.54) is 0 Å². The molecule has 0 aliphatic carbocycles. The summed E-state index contributed by atoms with van der Waals surface area (Å²) in [7, 11) is 0. The lowest BCUT2D eigenvalue weighted by Gasteiger charge is -2.25. The van der Waals surface area contributed by atoms with E-state index in [0.29, 0.717) is 30.1 Å². The molecule has 0 saturated heterocycles. The Labute approximate surface area is 188 Å². The summed E-state index contributed by atoms with van der Waals surface area (Å²) >= 11 is 0.603. The number of rotatable bonds is 10. The number of carboxylic acids is 1. The third-order valence-electron chi connectivity index (χ3n) is 5.31. The first-order valence-corrected chi connectivity index (χ1v) is 10.6. The van der Waals surface area contributed by atoms with Crippen molar-refractivity contribution in [3.05, 3.63) is 84.0 Å². The molecule has 0 aliphatic heterocycles. The average Bonchev–Trinajstić information content (AvgIpc) is 2.77. The second kappa shape index (κ2) is 10.4. The summed E-state index contributed by atoms with van der Waals surface area (Å²) in [6, 6.07) is 14.3. The lowest BCUT2D eigenvalue weighted by atomic mass is 9.80. The van der Waals surface area contributed by atoms with Gasteiger partial charge in [-0.15, -0.1) is 0 Å². The van der Waals surface area contributed by atoms with E-state index < -0.39 is 17.4 Å². The van der Waals surface area contributed by atoms with E-state index in [4.69, 9.17) is 8.37 Å². The molecule has 0 radical (unpaired) electrons. The Kier molecular flexibility index (Phi) is 8.11. The quantitative estimate of drug-likeness (QED) is 0.337. The Morgan fingerprint density at radius 1 is 1.03 bits per heavy atom. The first-order valence-electron chi connectivity index (χ1n) is 9.93. The molecule has 2 aromatic carbocycles. The van der Waals surface area contributed by atoms with Crippen LogP contribution in [0.2, 0.25) is 0 Å². The topological polar surface area (TPSA) is 72.8 Å². The van der Waals surface area contributed by atoms with Crippen molar-refractivity contribution in [2.45, 2.75) is 39.5 Å². The minimum absolute atomic E-state index is 0.360. The van der Waals surface area contributed by atoms with E-state index in [0.717, 1.165) is 11.1 Å². The maximum Gasteiger partial charge on any atom is 0.352 e. The first-order chi connectivity index (χ1) is 14.6. The van der Waals surface area contributed by atoms with Crippen LogP contribution < -0.4 is 4.18 Å². The summed E-state index contributed by atoms with van der Waals surface area (Å²) in [5, 5.41) is 9.44. The predicted molar refractivity (Wildman–Crippen MR) is 125 cm³/mol. The molecule has 0 aliphatic rings. The molecule has 0 bridgehead atoms. The van der Waals surface area contributed by atoms with Crippen molar-refractivity contribution in [3.63, 3.8) is 0 Å². The van der Waals surface area contributed by atoms with Crippen molar-refractivity contribution in [2.24, 2.45) is 5.41 Å². The van der Waals surface area contributed by atoms with E-state index in [1.807, 2.05) is 39.0 Å². The lowest BCUT2D eigenvalue weighted by Crippen LogP contribution is -2.25. The Hall–Kier alpha value is -2.99. The van der Waals surface area contributed by atoms with E-state index in [9.17, 15) is 14.7 Å². The van der Waals surface area contributed by atoms with Crippen molar-refractivity contribution in [1.82, 2.24) is 0 Å². The fourth-order valence-electron chi connectivity index (χ4n) is 2.66. The van der Waals surface area contributed by atoms with Gasteiger partial charge in [0, 0.05) is 5.41 Å². The van der Waals surface area contributed by atoms with E-state index >= 15 is 0 Å². The van der Waals surface area contributed by atoms with Crippen LogP contribution in [0, 0.1) is 5.41 Å². The highest BCUT2D eigenvalue weighted by atomic mass is 32.2. The van der Waals surface area contributed by atoms with Gasteiger partial charge in [-0.3, -0.25) is 4.79 Å². The van der Waals surface area contributed by atoms with Gasteiger partial charge < -0.3 is 13.5 Å². The van der Waals surface area contributed by atoms with Gasteiger partial charge in [0.15, 0.2) is 0 Å². The zero-order chi connectivity index (χ0) is 23.1. The van der Waals surface area contributed by atoms with Crippen molar-refractivity contribution >= 4 is 30.3 Å². The molecule has 1 N–H and O–H groups in total. The van der Waals surface area contributed by atoms with Crippen LogP contribution >= 0.6 is 12.3 Å². The summed E-state index contributed by atoms with van der Waals surface area (Å²) in [6.45, 7) is 11.3. The fraction of sp³-hybridized carbons (Fsp3) is 0.280. The third-order valence-corrected chi connectivity index (χ3v) is 5.79. The molecule has 0 spiro atoms. The molecule has 0 aromatic heterocycles. The average molecular weight is 441 g/mol. The van der Waals surface area contributed by atoms with Crippen LogP contribution in [-0.2, 0) is 14.4 Å². The van der Waals surface area contributed by atoms with Gasteiger partial charge in [0.05, 0.1) is 11.0 Å². The largest absolute Gasteiger partial charge is 0.481 e.